The fourth-order valence-electron chi connectivity index (χ4n) is 1.58. The van der Waals surface area contributed by atoms with Gasteiger partial charge in [0.25, 0.3) is 5.78 Å². The van der Waals surface area contributed by atoms with Crippen LogP contribution >= 0.6 is 0 Å². The summed E-state index contributed by atoms with van der Waals surface area (Å²) in [5, 5.41) is 3.98. The Balaban J connectivity index is 2.60. The molecule has 0 atom stereocenters. The first kappa shape index (κ1) is 13.3. The van der Waals surface area contributed by atoms with E-state index in [4.69, 9.17) is 0 Å². The zero-order valence-corrected chi connectivity index (χ0v) is 10.2. The number of hydrogen-bond donors (Lipinski definition) is 0. The van der Waals surface area contributed by atoms with E-state index in [1.165, 1.54) is 16.9 Å². The van der Waals surface area contributed by atoms with Gasteiger partial charge in [-0.25, -0.2) is 9.67 Å². The highest BCUT2D eigenvalue weighted by Crippen LogP contribution is 2.24. The molecule has 2 heterocycles. The second-order valence-electron chi connectivity index (χ2n) is 4.05. The van der Waals surface area contributed by atoms with Gasteiger partial charge in [0.15, 0.2) is 5.82 Å². The van der Waals surface area contributed by atoms with Crippen molar-refractivity contribution in [2.24, 2.45) is 0 Å². The summed E-state index contributed by atoms with van der Waals surface area (Å²) in [7, 11) is 0. The van der Waals surface area contributed by atoms with Crippen LogP contribution in [0.15, 0.2) is 24.4 Å². The third-order valence-electron chi connectivity index (χ3n) is 2.46. The van der Waals surface area contributed by atoms with Crippen molar-refractivity contribution in [3.63, 3.8) is 0 Å². The van der Waals surface area contributed by atoms with Gasteiger partial charge in [-0.05, 0) is 32.0 Å². The van der Waals surface area contributed by atoms with Gasteiger partial charge in [0, 0.05) is 11.9 Å². The maximum Gasteiger partial charge on any atom is 0.455 e. The largest absolute Gasteiger partial charge is 0.455 e. The molecule has 0 amide bonds. The maximum absolute atomic E-state index is 12.5. The van der Waals surface area contributed by atoms with Crippen LogP contribution in [0.5, 0.6) is 0 Å². The van der Waals surface area contributed by atoms with Gasteiger partial charge in [0.05, 0.1) is 11.3 Å². The van der Waals surface area contributed by atoms with Crippen LogP contribution < -0.4 is 0 Å². The number of rotatable bonds is 2. The predicted molar refractivity (Wildman–Crippen MR) is 61.2 cm³/mol. The third-order valence-corrected chi connectivity index (χ3v) is 2.46. The molecule has 2 aromatic heterocycles. The molecular formula is C12H10F3N3O. The number of pyridine rings is 1. The minimum Gasteiger partial charge on any atom is -0.284 e. The van der Waals surface area contributed by atoms with E-state index in [2.05, 4.69) is 10.1 Å². The van der Waals surface area contributed by atoms with Gasteiger partial charge in [-0.2, -0.15) is 18.3 Å². The van der Waals surface area contributed by atoms with Crippen LogP contribution in [-0.4, -0.2) is 26.7 Å². The lowest BCUT2D eigenvalue weighted by atomic mass is 10.1. The Morgan fingerprint density at radius 3 is 2.37 bits per heavy atom. The molecule has 0 N–H and O–H groups in total. The molecule has 0 aromatic carbocycles. The second kappa shape index (κ2) is 4.49. The number of Topliss-reactive ketones (excluding diaryl/α,β-unsaturated/α-hetero) is 1. The van der Waals surface area contributed by atoms with Crippen LogP contribution in [0.3, 0.4) is 0 Å². The number of carbonyl (C=O) groups is 1. The molecule has 4 nitrogen and oxygen atoms in total. The minimum atomic E-state index is -4.94. The predicted octanol–water partition coefficient (Wildman–Crippen LogP) is 2.63. The molecule has 0 saturated heterocycles. The second-order valence-corrected chi connectivity index (χ2v) is 4.05. The maximum atomic E-state index is 12.5. The van der Waals surface area contributed by atoms with Crippen molar-refractivity contribution < 1.29 is 18.0 Å². The van der Waals surface area contributed by atoms with Crippen molar-refractivity contribution in [1.82, 2.24) is 14.8 Å². The Bertz CT molecular complexity index is 631. The average molecular weight is 269 g/mol. The first-order valence-electron chi connectivity index (χ1n) is 5.41. The number of aryl methyl sites for hydroxylation is 2. The molecule has 0 saturated carbocycles. The Morgan fingerprint density at radius 1 is 1.16 bits per heavy atom. The smallest absolute Gasteiger partial charge is 0.284 e. The molecule has 0 spiro atoms. The van der Waals surface area contributed by atoms with Gasteiger partial charge in [0.2, 0.25) is 0 Å². The van der Waals surface area contributed by atoms with E-state index in [1.807, 2.05) is 0 Å². The van der Waals surface area contributed by atoms with Gasteiger partial charge in [-0.1, -0.05) is 0 Å². The molecule has 0 bridgehead atoms. The SMILES string of the molecule is Cc1ccc(C(=O)C(F)(F)F)c(-n2ccc(C)n2)n1. The molecule has 0 aliphatic carbocycles. The normalized spacial score (nSPS) is 11.6. The summed E-state index contributed by atoms with van der Waals surface area (Å²) >= 11 is 0. The van der Waals surface area contributed by atoms with E-state index in [-0.39, 0.29) is 5.82 Å². The van der Waals surface area contributed by atoms with Crippen LogP contribution in [-0.2, 0) is 0 Å². The molecular weight excluding hydrogens is 259 g/mol. The first-order valence-corrected chi connectivity index (χ1v) is 5.41. The Labute approximate surface area is 106 Å². The highest BCUT2D eigenvalue weighted by molar-refractivity contribution is 6.02. The van der Waals surface area contributed by atoms with Gasteiger partial charge in [-0.3, -0.25) is 4.79 Å². The molecule has 0 aliphatic heterocycles. The van der Waals surface area contributed by atoms with Crippen LogP contribution in [0.4, 0.5) is 13.2 Å². The lowest BCUT2D eigenvalue weighted by Gasteiger charge is -2.10. The number of aromatic nitrogens is 3. The average Bonchev–Trinajstić information content (AvgIpc) is 2.73. The summed E-state index contributed by atoms with van der Waals surface area (Å²) < 4.78 is 38.8. The van der Waals surface area contributed by atoms with Crippen molar-refractivity contribution >= 4 is 5.78 Å². The van der Waals surface area contributed by atoms with Crippen LogP contribution in [0, 0.1) is 13.8 Å². The summed E-state index contributed by atoms with van der Waals surface area (Å²) in [6.45, 7) is 3.32. The van der Waals surface area contributed by atoms with Crippen LogP contribution in [0.1, 0.15) is 21.7 Å². The Morgan fingerprint density at radius 2 is 1.84 bits per heavy atom. The molecule has 100 valence electrons. The summed E-state index contributed by atoms with van der Waals surface area (Å²) in [5.74, 6) is -2.04. The molecule has 7 heteroatoms. The van der Waals surface area contributed by atoms with Gasteiger partial charge < -0.3 is 0 Å². The summed E-state index contributed by atoms with van der Waals surface area (Å²) in [4.78, 5) is 15.3. The quantitative estimate of drug-likeness (QED) is 0.787. The van der Waals surface area contributed by atoms with Gasteiger partial charge in [0.1, 0.15) is 0 Å². The Kier molecular flexibility index (Phi) is 3.13. The fourth-order valence-corrected chi connectivity index (χ4v) is 1.58. The zero-order valence-electron chi connectivity index (χ0n) is 10.2. The molecule has 0 radical (unpaired) electrons. The van der Waals surface area contributed by atoms with Crippen LogP contribution in [0.2, 0.25) is 0 Å². The highest BCUT2D eigenvalue weighted by Gasteiger charge is 2.41. The first-order chi connectivity index (χ1) is 8.79. The monoisotopic (exact) mass is 269 g/mol. The topological polar surface area (TPSA) is 47.8 Å². The van der Waals surface area contributed by atoms with Crippen molar-refractivity contribution in [2.75, 3.05) is 0 Å². The lowest BCUT2D eigenvalue weighted by molar-refractivity contribution is -0.0885. The van der Waals surface area contributed by atoms with E-state index in [0.29, 0.717) is 11.4 Å². The van der Waals surface area contributed by atoms with E-state index in [9.17, 15) is 18.0 Å². The standard InChI is InChI=1S/C12H10F3N3O/c1-7-3-4-9(10(19)12(13,14)15)11(16-7)18-6-5-8(2)17-18/h3-6H,1-2H3. The number of carbonyl (C=O) groups excluding carboxylic acids is 1. The molecule has 0 fully saturated rings. The summed E-state index contributed by atoms with van der Waals surface area (Å²) in [5.41, 5.74) is 0.608. The molecule has 19 heavy (non-hydrogen) atoms. The van der Waals surface area contributed by atoms with Crippen molar-refractivity contribution in [1.29, 1.82) is 0 Å². The fraction of sp³-hybridized carbons (Fsp3) is 0.250. The zero-order chi connectivity index (χ0) is 14.2. The number of ketones is 1. The van der Waals surface area contributed by atoms with E-state index in [0.717, 1.165) is 6.07 Å². The van der Waals surface area contributed by atoms with Crippen LogP contribution in [0.25, 0.3) is 5.82 Å². The van der Waals surface area contributed by atoms with Crippen molar-refractivity contribution in [2.45, 2.75) is 20.0 Å². The van der Waals surface area contributed by atoms with E-state index in [1.54, 1.807) is 19.9 Å². The molecule has 2 aromatic rings. The summed E-state index contributed by atoms with van der Waals surface area (Å²) in [6, 6.07) is 4.09. The van der Waals surface area contributed by atoms with Gasteiger partial charge in [-0.15, -0.1) is 0 Å². The van der Waals surface area contributed by atoms with Crippen molar-refractivity contribution in [3.8, 4) is 5.82 Å². The lowest BCUT2D eigenvalue weighted by Crippen LogP contribution is -2.25. The van der Waals surface area contributed by atoms with E-state index < -0.39 is 17.5 Å². The summed E-state index contributed by atoms with van der Waals surface area (Å²) in [6.07, 6.45) is -3.47. The minimum absolute atomic E-state index is 0.115. The van der Waals surface area contributed by atoms with Gasteiger partial charge >= 0.3 is 6.18 Å². The Hall–Kier alpha value is -2.18. The number of hydrogen-bond acceptors (Lipinski definition) is 3. The molecule has 0 aliphatic rings. The highest BCUT2D eigenvalue weighted by atomic mass is 19.4. The molecule has 0 unspecified atom stereocenters. The van der Waals surface area contributed by atoms with Crippen molar-refractivity contribution in [3.05, 3.63) is 41.3 Å². The number of alkyl halides is 3. The van der Waals surface area contributed by atoms with E-state index >= 15 is 0 Å². The molecule has 2 rings (SSSR count). The number of halogens is 3. The number of nitrogens with zero attached hydrogens (tertiary/aromatic N) is 3. The third kappa shape index (κ3) is 2.64.